The molecule has 1 N–H and O–H groups in total. The number of rotatable bonds is 6. The molecule has 3 rings (SSSR count). The van der Waals surface area contributed by atoms with E-state index in [4.69, 9.17) is 4.74 Å². The molecular formula is C18H17N3O2S. The van der Waals surface area contributed by atoms with Crippen molar-refractivity contribution in [3.63, 3.8) is 0 Å². The highest BCUT2D eigenvalue weighted by molar-refractivity contribution is 7.13. The minimum absolute atomic E-state index is 0.193. The number of amides is 1. The predicted octanol–water partition coefficient (Wildman–Crippen LogP) is 3.29. The Labute approximate surface area is 144 Å². The van der Waals surface area contributed by atoms with Gasteiger partial charge in [0.2, 0.25) is 0 Å². The highest BCUT2D eigenvalue weighted by atomic mass is 32.1. The Kier molecular flexibility index (Phi) is 5.18. The molecular weight excluding hydrogens is 322 g/mol. The molecule has 0 radical (unpaired) electrons. The van der Waals surface area contributed by atoms with E-state index in [2.05, 4.69) is 15.3 Å². The molecule has 1 atom stereocenters. The number of nitrogens with one attached hydrogen (secondary N) is 1. The van der Waals surface area contributed by atoms with Gasteiger partial charge in [-0.3, -0.25) is 14.8 Å². The summed E-state index contributed by atoms with van der Waals surface area (Å²) in [6.07, 6.45) is 2.69. The monoisotopic (exact) mass is 339 g/mol. The van der Waals surface area contributed by atoms with Crippen molar-refractivity contribution in [3.05, 3.63) is 65.9 Å². The number of thiophene rings is 1. The zero-order valence-electron chi connectivity index (χ0n) is 13.2. The summed E-state index contributed by atoms with van der Waals surface area (Å²) < 4.78 is 5.62. The Balaban J connectivity index is 1.63. The molecule has 0 fully saturated rings. The Hall–Kier alpha value is -2.73. The highest BCUT2D eigenvalue weighted by Gasteiger charge is 2.16. The maximum atomic E-state index is 12.2. The van der Waals surface area contributed by atoms with Gasteiger partial charge < -0.3 is 10.1 Å². The third kappa shape index (κ3) is 3.97. The lowest BCUT2D eigenvalue weighted by atomic mass is 10.2. The van der Waals surface area contributed by atoms with Crippen LogP contribution in [-0.2, 0) is 11.3 Å². The Morgan fingerprint density at radius 2 is 1.96 bits per heavy atom. The van der Waals surface area contributed by atoms with Crippen LogP contribution in [0.2, 0.25) is 0 Å². The predicted molar refractivity (Wildman–Crippen MR) is 93.7 cm³/mol. The molecule has 0 saturated carbocycles. The number of carbonyl (C=O) groups excluding carboxylic acids is 1. The van der Waals surface area contributed by atoms with Crippen LogP contribution in [0.5, 0.6) is 5.75 Å². The van der Waals surface area contributed by atoms with Crippen LogP contribution < -0.4 is 10.1 Å². The molecule has 1 amide bonds. The van der Waals surface area contributed by atoms with Gasteiger partial charge in [0.25, 0.3) is 5.91 Å². The average Bonchev–Trinajstić information content (AvgIpc) is 3.15. The minimum atomic E-state index is -0.589. The maximum absolute atomic E-state index is 12.2. The van der Waals surface area contributed by atoms with E-state index >= 15 is 0 Å². The van der Waals surface area contributed by atoms with Crippen LogP contribution in [0, 0.1) is 0 Å². The molecule has 6 heteroatoms. The zero-order valence-corrected chi connectivity index (χ0v) is 14.0. The number of ether oxygens (including phenoxy) is 1. The average molecular weight is 339 g/mol. The molecule has 0 saturated heterocycles. The molecule has 0 aliphatic carbocycles. The quantitative estimate of drug-likeness (QED) is 0.748. The van der Waals surface area contributed by atoms with E-state index in [0.717, 1.165) is 16.3 Å². The number of nitrogens with zero attached hydrogens (tertiary/aromatic N) is 2. The van der Waals surface area contributed by atoms with Gasteiger partial charge in [0.05, 0.1) is 17.1 Å². The van der Waals surface area contributed by atoms with E-state index in [-0.39, 0.29) is 5.91 Å². The molecule has 3 aromatic rings. The van der Waals surface area contributed by atoms with Crippen LogP contribution in [0.25, 0.3) is 10.6 Å². The zero-order chi connectivity index (χ0) is 16.8. The van der Waals surface area contributed by atoms with E-state index in [1.807, 2.05) is 47.8 Å². The fourth-order valence-electron chi connectivity index (χ4n) is 2.19. The van der Waals surface area contributed by atoms with Gasteiger partial charge in [0.1, 0.15) is 11.4 Å². The van der Waals surface area contributed by atoms with Gasteiger partial charge in [-0.2, -0.15) is 0 Å². The molecule has 0 bridgehead atoms. The first kappa shape index (κ1) is 16.1. The molecule has 2 heterocycles. The molecule has 1 aromatic carbocycles. The maximum Gasteiger partial charge on any atom is 0.261 e. The largest absolute Gasteiger partial charge is 0.481 e. The fraction of sp³-hybridized carbons (Fsp3) is 0.167. The van der Waals surface area contributed by atoms with Gasteiger partial charge in [-0.25, -0.2) is 0 Å². The summed E-state index contributed by atoms with van der Waals surface area (Å²) in [5.41, 5.74) is 1.53. The van der Waals surface area contributed by atoms with E-state index in [1.54, 1.807) is 30.7 Å². The SMILES string of the molecule is CC(Oc1ccccc1)C(=O)NCc1nccnc1-c1cccs1. The lowest BCUT2D eigenvalue weighted by Crippen LogP contribution is -2.36. The molecule has 1 unspecified atom stereocenters. The van der Waals surface area contributed by atoms with Gasteiger partial charge in [-0.15, -0.1) is 11.3 Å². The van der Waals surface area contributed by atoms with Crippen LogP contribution in [0.4, 0.5) is 0 Å². The van der Waals surface area contributed by atoms with Crippen molar-refractivity contribution in [1.29, 1.82) is 0 Å². The summed E-state index contributed by atoms with van der Waals surface area (Å²) >= 11 is 1.59. The second-order valence-electron chi connectivity index (χ2n) is 5.12. The highest BCUT2D eigenvalue weighted by Crippen LogP contribution is 2.24. The lowest BCUT2D eigenvalue weighted by molar-refractivity contribution is -0.127. The van der Waals surface area contributed by atoms with E-state index in [1.165, 1.54) is 0 Å². The van der Waals surface area contributed by atoms with Crippen molar-refractivity contribution in [3.8, 4) is 16.3 Å². The Morgan fingerprint density at radius 1 is 1.17 bits per heavy atom. The minimum Gasteiger partial charge on any atom is -0.481 e. The first-order valence-electron chi connectivity index (χ1n) is 7.57. The van der Waals surface area contributed by atoms with E-state index < -0.39 is 6.10 Å². The number of aromatic nitrogens is 2. The van der Waals surface area contributed by atoms with Gasteiger partial charge in [-0.05, 0) is 30.5 Å². The van der Waals surface area contributed by atoms with Crippen LogP contribution in [-0.4, -0.2) is 22.0 Å². The standard InChI is InChI=1S/C18H17N3O2S/c1-13(23-14-6-3-2-4-7-14)18(22)21-12-15-17(20-10-9-19-15)16-8-5-11-24-16/h2-11,13H,12H2,1H3,(H,21,22). The van der Waals surface area contributed by atoms with Crippen molar-refractivity contribution < 1.29 is 9.53 Å². The molecule has 5 nitrogen and oxygen atoms in total. The summed E-state index contributed by atoms with van der Waals surface area (Å²) in [6.45, 7) is 2.03. The normalized spacial score (nSPS) is 11.7. The van der Waals surface area contributed by atoms with E-state index in [9.17, 15) is 4.79 Å². The van der Waals surface area contributed by atoms with Crippen molar-refractivity contribution in [2.24, 2.45) is 0 Å². The van der Waals surface area contributed by atoms with Crippen LogP contribution in [0.15, 0.2) is 60.2 Å². The lowest BCUT2D eigenvalue weighted by Gasteiger charge is -2.15. The number of benzene rings is 1. The summed E-state index contributed by atoms with van der Waals surface area (Å²) in [6, 6.07) is 13.2. The summed E-state index contributed by atoms with van der Waals surface area (Å²) in [5, 5.41) is 4.85. The second-order valence-corrected chi connectivity index (χ2v) is 6.07. The fourth-order valence-corrected chi connectivity index (χ4v) is 2.93. The number of para-hydroxylation sites is 1. The molecule has 0 aliphatic heterocycles. The van der Waals surface area contributed by atoms with Crippen molar-refractivity contribution in [2.75, 3.05) is 0 Å². The smallest absolute Gasteiger partial charge is 0.261 e. The van der Waals surface area contributed by atoms with Crippen molar-refractivity contribution in [2.45, 2.75) is 19.6 Å². The third-order valence-corrected chi connectivity index (χ3v) is 4.26. The first-order chi connectivity index (χ1) is 11.7. The molecule has 2 aromatic heterocycles. The third-order valence-electron chi connectivity index (χ3n) is 3.38. The number of carbonyl (C=O) groups is 1. The van der Waals surface area contributed by atoms with Gasteiger partial charge in [0.15, 0.2) is 6.10 Å². The summed E-state index contributed by atoms with van der Waals surface area (Å²) in [5.74, 6) is 0.473. The van der Waals surface area contributed by atoms with Crippen LogP contribution in [0.1, 0.15) is 12.6 Å². The molecule has 24 heavy (non-hydrogen) atoms. The van der Waals surface area contributed by atoms with Gasteiger partial charge >= 0.3 is 0 Å². The van der Waals surface area contributed by atoms with Crippen LogP contribution >= 0.6 is 11.3 Å². The van der Waals surface area contributed by atoms with Crippen LogP contribution in [0.3, 0.4) is 0 Å². The topological polar surface area (TPSA) is 64.1 Å². The Morgan fingerprint density at radius 3 is 2.71 bits per heavy atom. The Bertz CT molecular complexity index is 791. The first-order valence-corrected chi connectivity index (χ1v) is 8.45. The summed E-state index contributed by atoms with van der Waals surface area (Å²) in [4.78, 5) is 22.0. The number of hydrogen-bond donors (Lipinski definition) is 1. The molecule has 0 spiro atoms. The molecule has 0 aliphatic rings. The van der Waals surface area contributed by atoms with E-state index in [0.29, 0.717) is 12.3 Å². The van der Waals surface area contributed by atoms with Gasteiger partial charge in [0, 0.05) is 12.4 Å². The second kappa shape index (κ2) is 7.70. The summed E-state index contributed by atoms with van der Waals surface area (Å²) in [7, 11) is 0. The van der Waals surface area contributed by atoms with Gasteiger partial charge in [-0.1, -0.05) is 24.3 Å². The number of hydrogen-bond acceptors (Lipinski definition) is 5. The van der Waals surface area contributed by atoms with Crippen molar-refractivity contribution >= 4 is 17.2 Å². The van der Waals surface area contributed by atoms with Crippen molar-refractivity contribution in [1.82, 2.24) is 15.3 Å². The molecule has 122 valence electrons.